The lowest BCUT2D eigenvalue weighted by molar-refractivity contribution is -0.184. The van der Waals surface area contributed by atoms with E-state index in [9.17, 15) is 9.36 Å². The lowest BCUT2D eigenvalue weighted by Crippen LogP contribution is -2.31. The molecular formula is C13H28NO5P. The van der Waals surface area contributed by atoms with Crippen LogP contribution in [-0.4, -0.2) is 43.5 Å². The molecule has 0 fully saturated rings. The molecule has 0 heterocycles. The second kappa shape index (κ2) is 11.3. The number of nitrogens with zero attached hydrogens (tertiary/aromatic N) is 1. The first-order valence-electron chi connectivity index (χ1n) is 7.28. The van der Waals surface area contributed by atoms with Crippen LogP contribution in [0.5, 0.6) is 0 Å². The first kappa shape index (κ1) is 19.6. The fourth-order valence-electron chi connectivity index (χ4n) is 1.60. The van der Waals surface area contributed by atoms with Gasteiger partial charge in [-0.25, -0.2) is 5.06 Å². The van der Waals surface area contributed by atoms with Crippen molar-refractivity contribution in [2.75, 3.05) is 32.5 Å². The van der Waals surface area contributed by atoms with Gasteiger partial charge in [0.2, 0.25) is 5.91 Å². The zero-order valence-electron chi connectivity index (χ0n) is 13.1. The van der Waals surface area contributed by atoms with Gasteiger partial charge in [-0.1, -0.05) is 13.3 Å². The van der Waals surface area contributed by atoms with Crippen molar-refractivity contribution in [3.8, 4) is 0 Å². The maximum Gasteiger partial charge on any atom is 0.330 e. The van der Waals surface area contributed by atoms with Gasteiger partial charge in [0.15, 0.2) is 0 Å². The summed E-state index contributed by atoms with van der Waals surface area (Å²) in [5.41, 5.74) is 0. The first-order chi connectivity index (χ1) is 9.49. The van der Waals surface area contributed by atoms with Crippen molar-refractivity contribution in [1.82, 2.24) is 5.06 Å². The summed E-state index contributed by atoms with van der Waals surface area (Å²) in [6.07, 6.45) is 2.72. The maximum atomic E-state index is 12.2. The molecule has 0 aromatic rings. The van der Waals surface area contributed by atoms with E-state index < -0.39 is 7.60 Å². The Hall–Kier alpha value is -0.420. The minimum Gasteiger partial charge on any atom is -0.309 e. The third kappa shape index (κ3) is 8.69. The number of amides is 1. The Balaban J connectivity index is 4.19. The quantitative estimate of drug-likeness (QED) is 0.314. The average Bonchev–Trinajstić information content (AvgIpc) is 2.37. The molecule has 0 aliphatic heterocycles. The number of carbonyl (C=O) groups excluding carboxylic acids is 1. The highest BCUT2D eigenvalue weighted by Crippen LogP contribution is 2.48. The number of hydroxylamine groups is 2. The SMILES string of the molecule is CCCCON(CCCP(=O)(OCC)OCC)C(C)=O. The maximum absolute atomic E-state index is 12.2. The molecule has 0 aliphatic carbocycles. The summed E-state index contributed by atoms with van der Waals surface area (Å²) in [5.74, 6) is -0.149. The topological polar surface area (TPSA) is 65.1 Å². The third-order valence-electron chi connectivity index (χ3n) is 2.54. The number of hydrogen-bond donors (Lipinski definition) is 0. The van der Waals surface area contributed by atoms with Gasteiger partial charge in [-0.15, -0.1) is 0 Å². The molecule has 0 aromatic carbocycles. The molecule has 0 saturated heterocycles. The van der Waals surface area contributed by atoms with E-state index >= 15 is 0 Å². The summed E-state index contributed by atoms with van der Waals surface area (Å²) in [5, 5.41) is 1.32. The van der Waals surface area contributed by atoms with Crippen LogP contribution in [0.25, 0.3) is 0 Å². The van der Waals surface area contributed by atoms with Crippen molar-refractivity contribution in [2.24, 2.45) is 0 Å². The minimum atomic E-state index is -3.03. The van der Waals surface area contributed by atoms with Gasteiger partial charge in [-0.05, 0) is 26.7 Å². The molecule has 0 saturated carbocycles. The Labute approximate surface area is 122 Å². The molecule has 1 amide bonds. The summed E-state index contributed by atoms with van der Waals surface area (Å²) >= 11 is 0. The van der Waals surface area contributed by atoms with Crippen LogP contribution in [0.2, 0.25) is 0 Å². The molecule has 0 unspecified atom stereocenters. The molecule has 0 aromatic heterocycles. The van der Waals surface area contributed by atoms with Crippen LogP contribution in [0.3, 0.4) is 0 Å². The van der Waals surface area contributed by atoms with E-state index in [1.807, 2.05) is 0 Å². The van der Waals surface area contributed by atoms with Crippen LogP contribution < -0.4 is 0 Å². The molecule has 0 rings (SSSR count). The molecule has 0 radical (unpaired) electrons. The molecular weight excluding hydrogens is 281 g/mol. The van der Waals surface area contributed by atoms with Crippen LogP contribution in [-0.2, 0) is 23.2 Å². The van der Waals surface area contributed by atoms with E-state index in [0.717, 1.165) is 12.8 Å². The minimum absolute atomic E-state index is 0.149. The third-order valence-corrected chi connectivity index (χ3v) is 4.71. The number of unbranched alkanes of at least 4 members (excludes halogenated alkanes) is 1. The van der Waals surface area contributed by atoms with Gasteiger partial charge in [-0.3, -0.25) is 14.2 Å². The highest BCUT2D eigenvalue weighted by atomic mass is 31.2. The first-order valence-corrected chi connectivity index (χ1v) is 9.01. The molecule has 0 spiro atoms. The molecule has 20 heavy (non-hydrogen) atoms. The van der Waals surface area contributed by atoms with Crippen LogP contribution >= 0.6 is 7.60 Å². The largest absolute Gasteiger partial charge is 0.330 e. The van der Waals surface area contributed by atoms with Gasteiger partial charge in [-0.2, -0.15) is 0 Å². The zero-order chi connectivity index (χ0) is 15.4. The number of hydrogen-bond acceptors (Lipinski definition) is 5. The molecule has 6 nitrogen and oxygen atoms in total. The van der Waals surface area contributed by atoms with Gasteiger partial charge in [0, 0.05) is 13.5 Å². The number of rotatable bonds is 12. The lowest BCUT2D eigenvalue weighted by Gasteiger charge is -2.22. The second-order valence-corrected chi connectivity index (χ2v) is 6.52. The van der Waals surface area contributed by atoms with Crippen molar-refractivity contribution in [2.45, 2.75) is 47.0 Å². The predicted octanol–water partition coefficient (Wildman–Crippen LogP) is 3.22. The van der Waals surface area contributed by atoms with Crippen molar-refractivity contribution in [1.29, 1.82) is 0 Å². The highest BCUT2D eigenvalue weighted by Gasteiger charge is 2.23. The predicted molar refractivity (Wildman–Crippen MR) is 78.6 cm³/mol. The molecule has 0 N–H and O–H groups in total. The van der Waals surface area contributed by atoms with Crippen molar-refractivity contribution in [3.05, 3.63) is 0 Å². The Bertz CT molecular complexity index is 301. The molecule has 0 bridgehead atoms. The monoisotopic (exact) mass is 309 g/mol. The summed E-state index contributed by atoms with van der Waals surface area (Å²) in [4.78, 5) is 16.8. The molecule has 0 aliphatic rings. The van der Waals surface area contributed by atoms with Crippen molar-refractivity contribution < 1.29 is 23.2 Å². The smallest absolute Gasteiger partial charge is 0.309 e. The second-order valence-electron chi connectivity index (χ2n) is 4.33. The molecule has 7 heteroatoms. The fraction of sp³-hybridized carbons (Fsp3) is 0.923. The van der Waals surface area contributed by atoms with Gasteiger partial charge in [0.25, 0.3) is 0 Å². The van der Waals surface area contributed by atoms with Gasteiger partial charge >= 0.3 is 7.60 Å². The van der Waals surface area contributed by atoms with Crippen molar-refractivity contribution in [3.63, 3.8) is 0 Å². The van der Waals surface area contributed by atoms with E-state index in [2.05, 4.69) is 6.92 Å². The Kier molecular flexibility index (Phi) is 11.0. The van der Waals surface area contributed by atoms with Crippen LogP contribution in [0.4, 0.5) is 0 Å². The Morgan fingerprint density at radius 3 is 2.15 bits per heavy atom. The summed E-state index contributed by atoms with van der Waals surface area (Å²) in [6.45, 7) is 8.68. The lowest BCUT2D eigenvalue weighted by atomic mass is 10.4. The summed E-state index contributed by atoms with van der Waals surface area (Å²) in [7, 11) is -3.03. The van der Waals surface area contributed by atoms with Crippen molar-refractivity contribution >= 4 is 13.5 Å². The van der Waals surface area contributed by atoms with E-state index in [1.54, 1.807) is 13.8 Å². The summed E-state index contributed by atoms with van der Waals surface area (Å²) in [6, 6.07) is 0. The Morgan fingerprint density at radius 2 is 1.70 bits per heavy atom. The molecule has 0 atom stereocenters. The summed E-state index contributed by atoms with van der Waals surface area (Å²) < 4.78 is 22.6. The standard InChI is InChI=1S/C13H28NO5P/c1-5-8-11-17-14(13(4)15)10-9-12-20(16,18-6-2)19-7-3/h5-12H2,1-4H3. The van der Waals surface area contributed by atoms with E-state index in [4.69, 9.17) is 13.9 Å². The van der Waals surface area contributed by atoms with Gasteiger partial charge in [0.05, 0.1) is 26.0 Å². The van der Waals surface area contributed by atoms with E-state index in [0.29, 0.717) is 32.8 Å². The van der Waals surface area contributed by atoms with Crippen LogP contribution in [0.15, 0.2) is 0 Å². The normalized spacial score (nSPS) is 11.6. The zero-order valence-corrected chi connectivity index (χ0v) is 14.0. The van der Waals surface area contributed by atoms with Gasteiger partial charge in [0.1, 0.15) is 0 Å². The average molecular weight is 309 g/mol. The van der Waals surface area contributed by atoms with E-state index in [1.165, 1.54) is 12.0 Å². The molecule has 120 valence electrons. The van der Waals surface area contributed by atoms with E-state index in [-0.39, 0.29) is 12.1 Å². The number of carbonyl (C=O) groups is 1. The Morgan fingerprint density at radius 1 is 1.10 bits per heavy atom. The highest BCUT2D eigenvalue weighted by molar-refractivity contribution is 7.53. The fourth-order valence-corrected chi connectivity index (χ4v) is 3.25. The van der Waals surface area contributed by atoms with Crippen LogP contribution in [0.1, 0.15) is 47.0 Å². The van der Waals surface area contributed by atoms with Gasteiger partial charge < -0.3 is 9.05 Å². The van der Waals surface area contributed by atoms with Crippen LogP contribution in [0, 0.1) is 0 Å².